The minimum absolute atomic E-state index is 0. The molecule has 0 spiro atoms. The quantitative estimate of drug-likeness (QED) is 0.415. The fourth-order valence-electron chi connectivity index (χ4n) is 3.25. The van der Waals surface area contributed by atoms with Crippen LogP contribution in [0, 0.1) is 5.92 Å². The lowest BCUT2D eigenvalue weighted by Crippen LogP contribution is -2.45. The van der Waals surface area contributed by atoms with Gasteiger partial charge in [-0.05, 0) is 31.8 Å². The Hall–Kier alpha value is 0.310. The van der Waals surface area contributed by atoms with Crippen LogP contribution in [0.1, 0.15) is 39.5 Å². The number of likely N-dealkylation sites (tertiary alicyclic amines) is 1. The Morgan fingerprint density at radius 3 is 2.18 bits per heavy atom. The van der Waals surface area contributed by atoms with Crippen LogP contribution in [0.15, 0.2) is 4.99 Å². The Balaban J connectivity index is 0.00000242. The molecule has 0 aliphatic carbocycles. The van der Waals surface area contributed by atoms with Crippen molar-refractivity contribution in [2.75, 3.05) is 44.2 Å². The van der Waals surface area contributed by atoms with Crippen LogP contribution in [0.3, 0.4) is 0 Å². The van der Waals surface area contributed by atoms with E-state index in [1.807, 2.05) is 11.8 Å². The Labute approximate surface area is 157 Å². The first-order valence-corrected chi connectivity index (χ1v) is 9.70. The summed E-state index contributed by atoms with van der Waals surface area (Å²) in [4.78, 5) is 9.64. The van der Waals surface area contributed by atoms with E-state index in [1.165, 1.54) is 50.3 Å². The highest BCUT2D eigenvalue weighted by Crippen LogP contribution is 2.18. The number of nitrogens with two attached hydrogens (primary N) is 1. The van der Waals surface area contributed by atoms with Crippen molar-refractivity contribution >= 4 is 41.7 Å². The topological polar surface area (TPSA) is 44.9 Å². The third-order valence-electron chi connectivity index (χ3n) is 4.65. The van der Waals surface area contributed by atoms with Gasteiger partial charge in [-0.2, -0.15) is 11.8 Å². The molecule has 2 saturated heterocycles. The van der Waals surface area contributed by atoms with Gasteiger partial charge >= 0.3 is 0 Å². The van der Waals surface area contributed by atoms with Crippen molar-refractivity contribution in [3.05, 3.63) is 0 Å². The van der Waals surface area contributed by atoms with E-state index in [0.717, 1.165) is 25.6 Å². The first-order valence-electron chi connectivity index (χ1n) is 8.55. The number of halogens is 1. The van der Waals surface area contributed by atoms with Gasteiger partial charge in [-0.15, -0.1) is 24.0 Å². The van der Waals surface area contributed by atoms with Crippen molar-refractivity contribution in [1.82, 2.24) is 9.80 Å². The molecule has 2 aliphatic rings. The molecule has 0 radical (unpaired) electrons. The number of aliphatic imine (C=N–C) groups is 1. The van der Waals surface area contributed by atoms with Gasteiger partial charge < -0.3 is 10.6 Å². The first kappa shape index (κ1) is 20.4. The van der Waals surface area contributed by atoms with Crippen molar-refractivity contribution in [2.24, 2.45) is 16.6 Å². The summed E-state index contributed by atoms with van der Waals surface area (Å²) in [7, 11) is 0. The molecular formula is C16H33IN4S. The molecule has 22 heavy (non-hydrogen) atoms. The Morgan fingerprint density at radius 1 is 1.05 bits per heavy atom. The lowest BCUT2D eigenvalue weighted by molar-refractivity contribution is 0.165. The predicted molar refractivity (Wildman–Crippen MR) is 109 cm³/mol. The normalized spacial score (nSPS) is 23.0. The van der Waals surface area contributed by atoms with Gasteiger partial charge in [0.1, 0.15) is 0 Å². The summed E-state index contributed by atoms with van der Waals surface area (Å²) in [6, 6.07) is 0.542. The summed E-state index contributed by atoms with van der Waals surface area (Å²) in [6.07, 6.45) is 5.45. The third kappa shape index (κ3) is 6.43. The Kier molecular flexibility index (Phi) is 10.1. The largest absolute Gasteiger partial charge is 0.370 e. The second kappa shape index (κ2) is 11.0. The molecule has 1 unspecified atom stereocenters. The van der Waals surface area contributed by atoms with Crippen molar-refractivity contribution in [3.63, 3.8) is 0 Å². The smallest absolute Gasteiger partial charge is 0.191 e. The van der Waals surface area contributed by atoms with Crippen molar-refractivity contribution < 1.29 is 0 Å². The molecule has 0 aromatic rings. The summed E-state index contributed by atoms with van der Waals surface area (Å²) >= 11 is 2.01. The van der Waals surface area contributed by atoms with Crippen LogP contribution in [0.2, 0.25) is 0 Å². The third-order valence-corrected chi connectivity index (χ3v) is 5.60. The van der Waals surface area contributed by atoms with E-state index in [-0.39, 0.29) is 24.0 Å². The van der Waals surface area contributed by atoms with Crippen LogP contribution in [0.25, 0.3) is 0 Å². The minimum atomic E-state index is 0. The van der Waals surface area contributed by atoms with Crippen LogP contribution in [-0.2, 0) is 0 Å². The molecule has 1 atom stereocenters. The summed E-state index contributed by atoms with van der Waals surface area (Å²) in [5.41, 5.74) is 6.21. The summed E-state index contributed by atoms with van der Waals surface area (Å²) < 4.78 is 0. The number of rotatable bonds is 4. The summed E-state index contributed by atoms with van der Waals surface area (Å²) in [6.45, 7) is 10.1. The Bertz CT molecular complexity index is 324. The monoisotopic (exact) mass is 440 g/mol. The average molecular weight is 440 g/mol. The van der Waals surface area contributed by atoms with E-state index in [0.29, 0.717) is 12.0 Å². The Morgan fingerprint density at radius 2 is 1.64 bits per heavy atom. The van der Waals surface area contributed by atoms with Gasteiger partial charge in [-0.1, -0.05) is 26.7 Å². The fraction of sp³-hybridized carbons (Fsp3) is 0.938. The van der Waals surface area contributed by atoms with Gasteiger partial charge in [-0.25, -0.2) is 0 Å². The molecule has 2 heterocycles. The fourth-order valence-corrected chi connectivity index (χ4v) is 4.16. The van der Waals surface area contributed by atoms with Crippen LogP contribution in [-0.4, -0.2) is 66.0 Å². The number of hydrogen-bond acceptors (Lipinski definition) is 3. The van der Waals surface area contributed by atoms with Gasteiger partial charge in [0.2, 0.25) is 0 Å². The average Bonchev–Trinajstić information content (AvgIpc) is 2.77. The van der Waals surface area contributed by atoms with Crippen LogP contribution < -0.4 is 5.73 Å². The van der Waals surface area contributed by atoms with Crippen molar-refractivity contribution in [2.45, 2.75) is 45.6 Å². The van der Waals surface area contributed by atoms with E-state index in [1.54, 1.807) is 0 Å². The molecule has 2 fully saturated rings. The van der Waals surface area contributed by atoms with Crippen molar-refractivity contribution in [1.29, 1.82) is 0 Å². The molecule has 0 amide bonds. The summed E-state index contributed by atoms with van der Waals surface area (Å²) in [5, 5.41) is 0. The van der Waals surface area contributed by atoms with Crippen LogP contribution >= 0.6 is 35.7 Å². The number of thioether (sulfide) groups is 1. The zero-order valence-corrected chi connectivity index (χ0v) is 17.3. The van der Waals surface area contributed by atoms with E-state index in [9.17, 15) is 0 Å². The lowest BCUT2D eigenvalue weighted by atomic mass is 10.0. The SMILES string of the molecule is CC(C)C(CN=C(N)N1CCSCC1)N1CCCCCC1.I. The number of hydrogen-bond donors (Lipinski definition) is 1. The number of nitrogens with zero attached hydrogens (tertiary/aromatic N) is 3. The highest BCUT2D eigenvalue weighted by atomic mass is 127. The zero-order valence-electron chi connectivity index (χ0n) is 14.2. The molecule has 130 valence electrons. The molecule has 0 saturated carbocycles. The molecule has 4 nitrogen and oxygen atoms in total. The van der Waals surface area contributed by atoms with Crippen LogP contribution in [0.5, 0.6) is 0 Å². The zero-order chi connectivity index (χ0) is 15.1. The maximum atomic E-state index is 6.21. The number of guanidine groups is 1. The molecule has 0 aromatic heterocycles. The predicted octanol–water partition coefficient (Wildman–Crippen LogP) is 2.87. The van der Waals surface area contributed by atoms with E-state index >= 15 is 0 Å². The van der Waals surface area contributed by atoms with Gasteiger partial charge in [0.15, 0.2) is 5.96 Å². The molecular weight excluding hydrogens is 407 g/mol. The van der Waals surface area contributed by atoms with Gasteiger partial charge in [-0.3, -0.25) is 9.89 Å². The maximum absolute atomic E-state index is 6.21. The summed E-state index contributed by atoms with van der Waals surface area (Å²) in [5.74, 6) is 3.75. The molecule has 0 bridgehead atoms. The standard InChI is InChI=1S/C16H32N4S.HI/c1-14(2)15(19-7-5-3-4-6-8-19)13-18-16(17)20-9-11-21-12-10-20;/h14-15H,3-13H2,1-2H3,(H2,17,18);1H. The molecule has 2 aliphatic heterocycles. The van der Waals surface area contributed by atoms with Crippen LogP contribution in [0.4, 0.5) is 0 Å². The first-order chi connectivity index (χ1) is 10.2. The second-order valence-electron chi connectivity index (χ2n) is 6.56. The van der Waals surface area contributed by atoms with Crippen molar-refractivity contribution in [3.8, 4) is 0 Å². The highest BCUT2D eigenvalue weighted by molar-refractivity contribution is 14.0. The molecule has 2 rings (SSSR count). The molecule has 0 aromatic carbocycles. The lowest BCUT2D eigenvalue weighted by Gasteiger charge is -2.33. The van der Waals surface area contributed by atoms with E-state index in [2.05, 4.69) is 23.6 Å². The van der Waals surface area contributed by atoms with Gasteiger partial charge in [0.25, 0.3) is 0 Å². The second-order valence-corrected chi connectivity index (χ2v) is 7.78. The minimum Gasteiger partial charge on any atom is -0.370 e. The van der Waals surface area contributed by atoms with Gasteiger partial charge in [0.05, 0.1) is 6.54 Å². The highest BCUT2D eigenvalue weighted by Gasteiger charge is 2.23. The van der Waals surface area contributed by atoms with E-state index < -0.39 is 0 Å². The molecule has 2 N–H and O–H groups in total. The van der Waals surface area contributed by atoms with E-state index in [4.69, 9.17) is 10.7 Å². The molecule has 6 heteroatoms. The van der Waals surface area contributed by atoms with Gasteiger partial charge in [0, 0.05) is 30.6 Å². The maximum Gasteiger partial charge on any atom is 0.191 e.